The molecule has 1 amide bonds. The largest absolute Gasteiger partial charge is 0.439 e. The SMILES string of the molecule is CCCN(Cc1c(-c2ccccc2)nn(C)c1Oc1cccc(F)c1)C(=O)c1cccs1. The number of carbonyl (C=O) groups excluding carboxylic acids is 1. The number of hydrogen-bond donors (Lipinski definition) is 0. The molecule has 4 aromatic rings. The molecule has 0 aliphatic rings. The van der Waals surface area contributed by atoms with Crippen molar-refractivity contribution in [1.82, 2.24) is 14.7 Å². The number of aryl methyl sites for hydroxylation is 1. The second-order valence-electron chi connectivity index (χ2n) is 7.39. The van der Waals surface area contributed by atoms with Gasteiger partial charge in [0, 0.05) is 25.2 Å². The molecule has 7 heteroatoms. The lowest BCUT2D eigenvalue weighted by Gasteiger charge is -2.22. The fourth-order valence-electron chi connectivity index (χ4n) is 3.56. The van der Waals surface area contributed by atoms with Crippen LogP contribution in [-0.4, -0.2) is 27.1 Å². The molecule has 2 aromatic heterocycles. The number of carbonyl (C=O) groups is 1. The van der Waals surface area contributed by atoms with Crippen LogP contribution in [0.5, 0.6) is 11.6 Å². The summed E-state index contributed by atoms with van der Waals surface area (Å²) in [5.74, 6) is 0.450. The molecule has 0 bridgehead atoms. The Balaban J connectivity index is 1.77. The molecule has 0 unspecified atom stereocenters. The Morgan fingerprint density at radius 1 is 1.12 bits per heavy atom. The number of aromatic nitrogens is 2. The second kappa shape index (κ2) is 9.78. The number of amides is 1. The monoisotopic (exact) mass is 449 g/mol. The van der Waals surface area contributed by atoms with Gasteiger partial charge in [0.25, 0.3) is 5.91 Å². The van der Waals surface area contributed by atoms with Crippen LogP contribution in [0.2, 0.25) is 0 Å². The summed E-state index contributed by atoms with van der Waals surface area (Å²) in [6, 6.07) is 19.5. The highest BCUT2D eigenvalue weighted by atomic mass is 32.1. The maximum absolute atomic E-state index is 13.8. The Bertz CT molecular complexity index is 1190. The van der Waals surface area contributed by atoms with Gasteiger partial charge in [-0.05, 0) is 30.0 Å². The molecule has 4 rings (SSSR count). The van der Waals surface area contributed by atoms with Crippen molar-refractivity contribution in [3.8, 4) is 22.9 Å². The van der Waals surface area contributed by atoms with Gasteiger partial charge in [0.15, 0.2) is 0 Å². The lowest BCUT2D eigenvalue weighted by Crippen LogP contribution is -2.31. The van der Waals surface area contributed by atoms with Crippen LogP contribution in [-0.2, 0) is 13.6 Å². The van der Waals surface area contributed by atoms with Crippen LogP contribution in [0.4, 0.5) is 4.39 Å². The van der Waals surface area contributed by atoms with E-state index in [9.17, 15) is 9.18 Å². The standard InChI is InChI=1S/C25H24FN3O2S/c1-3-14-29(24(30)22-13-8-15-32-22)17-21-23(18-9-5-4-6-10-18)27-28(2)25(21)31-20-12-7-11-19(26)16-20/h4-13,15-16H,3,14,17H2,1-2H3. The molecule has 0 N–H and O–H groups in total. The minimum Gasteiger partial charge on any atom is -0.439 e. The topological polar surface area (TPSA) is 47.4 Å². The molecule has 0 fully saturated rings. The van der Waals surface area contributed by atoms with Gasteiger partial charge < -0.3 is 9.64 Å². The first kappa shape index (κ1) is 21.8. The molecule has 2 heterocycles. The van der Waals surface area contributed by atoms with Gasteiger partial charge in [0.05, 0.1) is 17.0 Å². The van der Waals surface area contributed by atoms with Crippen LogP contribution in [0.25, 0.3) is 11.3 Å². The van der Waals surface area contributed by atoms with E-state index in [4.69, 9.17) is 9.84 Å². The fraction of sp³-hybridized carbons (Fsp3) is 0.200. The second-order valence-corrected chi connectivity index (χ2v) is 8.33. The highest BCUT2D eigenvalue weighted by Gasteiger charge is 2.25. The van der Waals surface area contributed by atoms with Gasteiger partial charge in [0.1, 0.15) is 17.3 Å². The summed E-state index contributed by atoms with van der Waals surface area (Å²) in [4.78, 5) is 15.7. The maximum Gasteiger partial charge on any atom is 0.264 e. The Morgan fingerprint density at radius 2 is 1.94 bits per heavy atom. The van der Waals surface area contributed by atoms with Gasteiger partial charge in [-0.15, -0.1) is 11.3 Å². The lowest BCUT2D eigenvalue weighted by molar-refractivity contribution is 0.0747. The van der Waals surface area contributed by atoms with E-state index < -0.39 is 0 Å². The number of rotatable bonds is 8. The molecule has 0 saturated heterocycles. The minimum absolute atomic E-state index is 0.0265. The van der Waals surface area contributed by atoms with E-state index in [1.54, 1.807) is 23.9 Å². The van der Waals surface area contributed by atoms with Crippen LogP contribution in [0.3, 0.4) is 0 Å². The van der Waals surface area contributed by atoms with E-state index in [1.807, 2.05) is 59.7 Å². The van der Waals surface area contributed by atoms with Crippen LogP contribution >= 0.6 is 11.3 Å². The van der Waals surface area contributed by atoms with E-state index in [2.05, 4.69) is 0 Å². The quantitative estimate of drug-likeness (QED) is 0.325. The van der Waals surface area contributed by atoms with Gasteiger partial charge in [-0.3, -0.25) is 4.79 Å². The van der Waals surface area contributed by atoms with E-state index in [-0.39, 0.29) is 11.7 Å². The number of thiophene rings is 1. The zero-order valence-electron chi connectivity index (χ0n) is 18.0. The number of halogens is 1. The van der Waals surface area contributed by atoms with Gasteiger partial charge >= 0.3 is 0 Å². The van der Waals surface area contributed by atoms with Crippen molar-refractivity contribution in [1.29, 1.82) is 0 Å². The molecule has 2 aromatic carbocycles. The van der Waals surface area contributed by atoms with Crippen molar-refractivity contribution in [2.24, 2.45) is 7.05 Å². The van der Waals surface area contributed by atoms with Crippen molar-refractivity contribution in [3.05, 3.63) is 88.4 Å². The average Bonchev–Trinajstić information content (AvgIpc) is 3.43. The summed E-state index contributed by atoms with van der Waals surface area (Å²) in [6.07, 6.45) is 0.818. The van der Waals surface area contributed by atoms with Gasteiger partial charge in [0.2, 0.25) is 5.88 Å². The molecule has 0 spiro atoms. The summed E-state index contributed by atoms with van der Waals surface area (Å²) in [5.41, 5.74) is 2.44. The first-order valence-corrected chi connectivity index (χ1v) is 11.3. The normalized spacial score (nSPS) is 10.8. The summed E-state index contributed by atoms with van der Waals surface area (Å²) < 4.78 is 21.5. The minimum atomic E-state index is -0.380. The Labute approximate surface area is 190 Å². The first-order chi connectivity index (χ1) is 15.6. The Morgan fingerprint density at radius 3 is 2.62 bits per heavy atom. The van der Waals surface area contributed by atoms with Crippen molar-refractivity contribution in [3.63, 3.8) is 0 Å². The van der Waals surface area contributed by atoms with E-state index in [0.29, 0.717) is 29.6 Å². The molecule has 5 nitrogen and oxygen atoms in total. The smallest absolute Gasteiger partial charge is 0.264 e. The summed E-state index contributed by atoms with van der Waals surface area (Å²) in [6.45, 7) is 2.97. The molecule has 0 atom stereocenters. The van der Waals surface area contributed by atoms with Crippen LogP contribution in [0.15, 0.2) is 72.1 Å². The predicted octanol–water partition coefficient (Wildman–Crippen LogP) is 6.13. The number of nitrogens with zero attached hydrogens (tertiary/aromatic N) is 3. The Hall–Kier alpha value is -3.45. The molecule has 0 aliphatic heterocycles. The third kappa shape index (κ3) is 4.73. The molecular weight excluding hydrogens is 425 g/mol. The molecule has 32 heavy (non-hydrogen) atoms. The van der Waals surface area contributed by atoms with Gasteiger partial charge in [-0.25, -0.2) is 9.07 Å². The predicted molar refractivity (Wildman–Crippen MR) is 124 cm³/mol. The van der Waals surface area contributed by atoms with Crippen molar-refractivity contribution in [2.45, 2.75) is 19.9 Å². The Kier molecular flexibility index (Phi) is 6.66. The van der Waals surface area contributed by atoms with Crippen LogP contribution < -0.4 is 4.74 Å². The van der Waals surface area contributed by atoms with Crippen molar-refractivity contribution in [2.75, 3.05) is 6.54 Å². The third-order valence-electron chi connectivity index (χ3n) is 5.01. The molecule has 0 aliphatic carbocycles. The van der Waals surface area contributed by atoms with Crippen molar-refractivity contribution >= 4 is 17.2 Å². The summed E-state index contributed by atoms with van der Waals surface area (Å²) >= 11 is 1.43. The molecule has 164 valence electrons. The van der Waals surface area contributed by atoms with Gasteiger partial charge in [-0.1, -0.05) is 49.4 Å². The zero-order valence-corrected chi connectivity index (χ0v) is 18.8. The fourth-order valence-corrected chi connectivity index (χ4v) is 4.25. The number of hydrogen-bond acceptors (Lipinski definition) is 4. The highest BCUT2D eigenvalue weighted by Crippen LogP contribution is 2.34. The molecule has 0 radical (unpaired) electrons. The summed E-state index contributed by atoms with van der Waals surface area (Å²) in [7, 11) is 1.79. The third-order valence-corrected chi connectivity index (χ3v) is 5.87. The first-order valence-electron chi connectivity index (χ1n) is 10.4. The number of ether oxygens (including phenoxy) is 1. The van der Waals surface area contributed by atoms with Crippen LogP contribution in [0.1, 0.15) is 28.6 Å². The highest BCUT2D eigenvalue weighted by molar-refractivity contribution is 7.12. The molecule has 0 saturated carbocycles. The van der Waals surface area contributed by atoms with E-state index in [0.717, 1.165) is 23.2 Å². The zero-order chi connectivity index (χ0) is 22.5. The molecular formula is C25H24FN3O2S. The van der Waals surface area contributed by atoms with Crippen molar-refractivity contribution < 1.29 is 13.9 Å². The van der Waals surface area contributed by atoms with E-state index in [1.165, 1.54) is 23.5 Å². The maximum atomic E-state index is 13.8. The van der Waals surface area contributed by atoms with Crippen LogP contribution in [0, 0.1) is 5.82 Å². The summed E-state index contributed by atoms with van der Waals surface area (Å²) in [5, 5.41) is 6.60. The average molecular weight is 450 g/mol. The van der Waals surface area contributed by atoms with E-state index >= 15 is 0 Å². The number of benzene rings is 2. The van der Waals surface area contributed by atoms with Gasteiger partial charge in [-0.2, -0.15) is 5.10 Å². The lowest BCUT2D eigenvalue weighted by atomic mass is 10.1.